The van der Waals surface area contributed by atoms with Crippen molar-refractivity contribution in [1.29, 1.82) is 0 Å². The van der Waals surface area contributed by atoms with Gasteiger partial charge in [0.15, 0.2) is 5.65 Å². The quantitative estimate of drug-likeness (QED) is 0.0753. The largest absolute Gasteiger partial charge is 0.404 e. The van der Waals surface area contributed by atoms with Crippen molar-refractivity contribution in [3.8, 4) is 40.3 Å². The number of nitrogen functional groups attached to an aromatic ring is 1. The number of aliphatic imine (C=N–C) groups is 1. The highest BCUT2D eigenvalue weighted by Crippen LogP contribution is 2.36. The van der Waals surface area contributed by atoms with Gasteiger partial charge in [-0.25, -0.2) is 14.7 Å². The number of rotatable bonds is 9. The SMILES string of the molecule is C#Cc1ccc(NC2=NCN(CC3(O)CCN(C)CC3)C(=O)C2=CN)c(-c2ccc(-c3ccc(C(=O)N4CCC(O)(Cn5cnc6c(cnn6-c6ccc(Br)cc6)c5=O)CC4)cc3)c(N)c2)c1. The number of likely N-dealkylation sites (tertiary alicyclic amines) is 2. The number of β-amino-alcohol motifs (C(OH)–C–C–N with tert-alkyl or cyclic N) is 1. The lowest BCUT2D eigenvalue weighted by Gasteiger charge is -2.40. The number of nitrogens with zero attached hydrogens (tertiary/aromatic N) is 8. The van der Waals surface area contributed by atoms with Crippen LogP contribution in [0, 0.1) is 12.3 Å². The summed E-state index contributed by atoms with van der Waals surface area (Å²) in [7, 11) is 2.01. The van der Waals surface area contributed by atoms with Crippen molar-refractivity contribution >= 4 is 56.0 Å². The molecule has 6 aromatic rings. The fraction of sp³-hybridized carbons (Fsp3) is 0.280. The molecule has 2 saturated heterocycles. The van der Waals surface area contributed by atoms with Crippen molar-refractivity contribution in [1.82, 2.24) is 34.0 Å². The summed E-state index contributed by atoms with van der Waals surface area (Å²) in [6.07, 6.45) is 11.7. The molecule has 0 unspecified atom stereocenters. The number of anilines is 2. The van der Waals surface area contributed by atoms with Crippen LogP contribution in [0.15, 0.2) is 123 Å². The third-order valence-electron chi connectivity index (χ3n) is 13.1. The van der Waals surface area contributed by atoms with Gasteiger partial charge in [-0.2, -0.15) is 5.10 Å². The van der Waals surface area contributed by atoms with Crippen LogP contribution in [-0.4, -0.2) is 120 Å². The molecule has 2 aromatic heterocycles. The maximum Gasteiger partial charge on any atom is 0.264 e. The average Bonchev–Trinajstić information content (AvgIpc) is 3.77. The van der Waals surface area contributed by atoms with E-state index < -0.39 is 11.2 Å². The summed E-state index contributed by atoms with van der Waals surface area (Å²) in [5.74, 6) is 2.51. The number of aliphatic hydroxyl groups is 2. The maximum atomic E-state index is 13.7. The summed E-state index contributed by atoms with van der Waals surface area (Å²) in [6, 6.07) is 25.9. The van der Waals surface area contributed by atoms with E-state index >= 15 is 0 Å². The minimum atomic E-state index is -1.21. The molecule has 5 heterocycles. The van der Waals surface area contributed by atoms with Crippen molar-refractivity contribution in [2.24, 2.45) is 10.7 Å². The molecule has 9 rings (SSSR count). The summed E-state index contributed by atoms with van der Waals surface area (Å²) >= 11 is 3.43. The summed E-state index contributed by atoms with van der Waals surface area (Å²) in [4.78, 5) is 55.4. The molecule has 3 aliphatic heterocycles. The Morgan fingerprint density at radius 2 is 1.58 bits per heavy atom. The fourth-order valence-electron chi connectivity index (χ4n) is 9.02. The predicted octanol–water partition coefficient (Wildman–Crippen LogP) is 4.82. The molecule has 16 nitrogen and oxygen atoms in total. The first-order valence-electron chi connectivity index (χ1n) is 22.0. The number of piperidine rings is 2. The number of amides is 2. The summed E-state index contributed by atoms with van der Waals surface area (Å²) < 4.78 is 3.94. The van der Waals surface area contributed by atoms with Gasteiger partial charge in [-0.05, 0) is 105 Å². The van der Waals surface area contributed by atoms with Crippen molar-refractivity contribution in [2.75, 3.05) is 57.5 Å². The normalized spacial score (nSPS) is 17.9. The standard InChI is InChI=1S/C50H50BrN11O5/c1-3-32-4-15-43(57-44-40(26-52)47(64)60(30-54-44)28-49(66)16-20-58(2)21-17-49)39(24-32)35-9-14-38(42(53)25-35)33-5-7-34(8-6-33)46(63)59-22-18-50(67,19-23-59)29-61-31-55-45-41(48(61)65)27-56-62(45)37-12-10-36(51)11-13-37/h1,4-15,24-27,31,66-67H,16-23,28-30,52-53H2,2H3,(H,54,57). The molecule has 17 heteroatoms. The number of fused-ring (bicyclic) bond motifs is 1. The molecule has 0 saturated carbocycles. The molecule has 3 aliphatic rings. The summed E-state index contributed by atoms with van der Waals surface area (Å²) in [5.41, 5.74) is 16.9. The van der Waals surface area contributed by atoms with Crippen LogP contribution < -0.4 is 22.3 Å². The van der Waals surface area contributed by atoms with Crippen LogP contribution in [0.1, 0.15) is 41.6 Å². The molecule has 0 radical (unpaired) electrons. The van der Waals surface area contributed by atoms with Gasteiger partial charge in [0, 0.05) is 70.5 Å². The number of hydrogen-bond donors (Lipinski definition) is 5. The molecular weight excluding hydrogens is 915 g/mol. The van der Waals surface area contributed by atoms with Gasteiger partial charge in [-0.15, -0.1) is 6.42 Å². The first-order chi connectivity index (χ1) is 32.2. The molecule has 0 aliphatic carbocycles. The van der Waals surface area contributed by atoms with E-state index in [9.17, 15) is 24.6 Å². The van der Waals surface area contributed by atoms with Crippen LogP contribution in [0.2, 0.25) is 0 Å². The average molecular weight is 965 g/mol. The Morgan fingerprint density at radius 3 is 2.27 bits per heavy atom. The Hall–Kier alpha value is -7.10. The number of halogens is 1. The Balaban J connectivity index is 0.852. The van der Waals surface area contributed by atoms with Crippen molar-refractivity contribution < 1.29 is 19.8 Å². The number of nitrogens with one attached hydrogen (secondary N) is 1. The first-order valence-corrected chi connectivity index (χ1v) is 22.8. The molecule has 0 bridgehead atoms. The zero-order valence-corrected chi connectivity index (χ0v) is 38.5. The third kappa shape index (κ3) is 9.21. The van der Waals surface area contributed by atoms with E-state index in [1.807, 2.05) is 73.8 Å². The van der Waals surface area contributed by atoms with Gasteiger partial charge < -0.3 is 41.7 Å². The van der Waals surface area contributed by atoms with Gasteiger partial charge in [0.1, 0.15) is 24.2 Å². The number of nitrogens with two attached hydrogens (primary N) is 2. The first kappa shape index (κ1) is 45.1. The van der Waals surface area contributed by atoms with Gasteiger partial charge in [-0.1, -0.05) is 46.1 Å². The third-order valence-corrected chi connectivity index (χ3v) is 13.6. The van der Waals surface area contributed by atoms with E-state index in [1.54, 1.807) is 27.8 Å². The van der Waals surface area contributed by atoms with Crippen LogP contribution in [0.5, 0.6) is 0 Å². The molecule has 0 atom stereocenters. The Labute approximate surface area is 395 Å². The second kappa shape index (κ2) is 18.3. The summed E-state index contributed by atoms with van der Waals surface area (Å²) in [6.45, 7) is 2.36. The highest BCUT2D eigenvalue weighted by Gasteiger charge is 2.38. The van der Waals surface area contributed by atoms with E-state index in [0.717, 1.165) is 45.5 Å². The van der Waals surface area contributed by atoms with Gasteiger partial charge in [0.05, 0.1) is 41.7 Å². The van der Waals surface area contributed by atoms with Crippen LogP contribution in [0.3, 0.4) is 0 Å². The lowest BCUT2D eigenvalue weighted by Crippen LogP contribution is -2.53. The molecule has 2 fully saturated rings. The second-order valence-corrected chi connectivity index (χ2v) is 18.5. The lowest BCUT2D eigenvalue weighted by molar-refractivity contribution is -0.132. The van der Waals surface area contributed by atoms with Gasteiger partial charge >= 0.3 is 0 Å². The van der Waals surface area contributed by atoms with E-state index in [2.05, 4.69) is 47.1 Å². The van der Waals surface area contributed by atoms with Crippen LogP contribution in [-0.2, 0) is 11.3 Å². The highest BCUT2D eigenvalue weighted by atomic mass is 79.9. The molecule has 0 spiro atoms. The molecule has 67 heavy (non-hydrogen) atoms. The number of hydrogen-bond acceptors (Lipinski definition) is 12. The Kier molecular flexibility index (Phi) is 12.3. The fourth-order valence-corrected chi connectivity index (χ4v) is 9.28. The number of carbonyl (C=O) groups excluding carboxylic acids is 2. The number of aromatic nitrogens is 4. The van der Waals surface area contributed by atoms with Crippen molar-refractivity contribution in [3.63, 3.8) is 0 Å². The Bertz CT molecular complexity index is 3050. The van der Waals surface area contributed by atoms with Gasteiger partial charge in [-0.3, -0.25) is 19.0 Å². The van der Waals surface area contributed by atoms with Crippen molar-refractivity contribution in [3.05, 3.63) is 135 Å². The minimum Gasteiger partial charge on any atom is -0.404 e. The smallest absolute Gasteiger partial charge is 0.264 e. The molecule has 342 valence electrons. The highest BCUT2D eigenvalue weighted by molar-refractivity contribution is 9.10. The van der Waals surface area contributed by atoms with E-state index in [0.29, 0.717) is 65.3 Å². The summed E-state index contributed by atoms with van der Waals surface area (Å²) in [5, 5.41) is 30.9. The predicted molar refractivity (Wildman–Crippen MR) is 262 cm³/mol. The monoisotopic (exact) mass is 963 g/mol. The van der Waals surface area contributed by atoms with Crippen LogP contribution >= 0.6 is 15.9 Å². The number of benzene rings is 4. The maximum absolute atomic E-state index is 13.7. The molecule has 7 N–H and O–H groups in total. The second-order valence-electron chi connectivity index (χ2n) is 17.6. The van der Waals surface area contributed by atoms with Gasteiger partial charge in [0.25, 0.3) is 17.4 Å². The van der Waals surface area contributed by atoms with Gasteiger partial charge in [0.2, 0.25) is 0 Å². The topological polar surface area (TPSA) is 213 Å². The van der Waals surface area contributed by atoms with Crippen LogP contribution in [0.4, 0.5) is 11.4 Å². The molecule has 2 amide bonds. The van der Waals surface area contributed by atoms with Crippen LogP contribution in [0.25, 0.3) is 39.0 Å². The number of terminal acetylenes is 1. The van der Waals surface area contributed by atoms with E-state index in [1.165, 1.54) is 28.2 Å². The Morgan fingerprint density at radius 1 is 0.896 bits per heavy atom. The molecule has 4 aromatic carbocycles. The lowest BCUT2D eigenvalue weighted by atomic mass is 9.90. The van der Waals surface area contributed by atoms with Crippen molar-refractivity contribution in [2.45, 2.75) is 43.4 Å². The minimum absolute atomic E-state index is 0.0369. The molecular formula is C50H50BrN11O5. The number of carbonyl (C=O) groups is 2. The zero-order valence-electron chi connectivity index (χ0n) is 36.9. The zero-order chi connectivity index (χ0) is 47.0. The van der Waals surface area contributed by atoms with E-state index in [-0.39, 0.29) is 55.5 Å². The van der Waals surface area contributed by atoms with E-state index in [4.69, 9.17) is 17.9 Å². The number of amidine groups is 1.